The normalized spacial score (nSPS) is 25.0. The first-order chi connectivity index (χ1) is 10.1. The van der Waals surface area contributed by atoms with Crippen LogP contribution in [0.5, 0.6) is 0 Å². The summed E-state index contributed by atoms with van der Waals surface area (Å²) in [7, 11) is 1.77. The number of hydrogen-bond acceptors (Lipinski definition) is 5. The number of aldehydes is 1. The number of carbonyl (C=O) groups excluding carboxylic acids is 3. The second-order valence-corrected chi connectivity index (χ2v) is 7.09. The summed E-state index contributed by atoms with van der Waals surface area (Å²) in [5.41, 5.74) is 4.30. The Hall–Kier alpha value is -1.63. The molecule has 3 N–H and O–H groups in total. The van der Waals surface area contributed by atoms with Crippen molar-refractivity contribution >= 4 is 18.3 Å². The van der Waals surface area contributed by atoms with Crippen LogP contribution in [0.1, 0.15) is 40.0 Å². The first kappa shape index (κ1) is 18.4. The number of rotatable bonds is 6. The van der Waals surface area contributed by atoms with Gasteiger partial charge in [0.15, 0.2) is 0 Å². The van der Waals surface area contributed by atoms with Gasteiger partial charge in [0.1, 0.15) is 11.9 Å². The molecule has 1 unspecified atom stereocenters. The summed E-state index contributed by atoms with van der Waals surface area (Å²) in [5, 5.41) is 2.79. The second-order valence-electron chi connectivity index (χ2n) is 7.09. The van der Waals surface area contributed by atoms with Crippen LogP contribution in [0, 0.1) is 5.41 Å². The van der Waals surface area contributed by atoms with Gasteiger partial charge in [0.05, 0.1) is 12.0 Å². The topological polar surface area (TPSA) is 102 Å². The first-order valence-corrected chi connectivity index (χ1v) is 7.49. The van der Waals surface area contributed by atoms with E-state index in [4.69, 9.17) is 10.5 Å². The Bertz CT molecular complexity index is 433. The molecule has 0 saturated heterocycles. The average molecular weight is 313 g/mol. The lowest BCUT2D eigenvalue weighted by Gasteiger charge is -2.30. The molecule has 2 atom stereocenters. The molecule has 0 aliphatic heterocycles. The SMILES string of the molecule is CN(CC=O)C[C@]1(C(N)=O)CCC(NC(=O)OC(C)(C)C)C1. The quantitative estimate of drug-likeness (QED) is 0.702. The number of nitrogens with one attached hydrogen (secondary N) is 1. The smallest absolute Gasteiger partial charge is 0.407 e. The summed E-state index contributed by atoms with van der Waals surface area (Å²) in [4.78, 5) is 36.0. The van der Waals surface area contributed by atoms with E-state index in [9.17, 15) is 14.4 Å². The zero-order valence-electron chi connectivity index (χ0n) is 13.8. The predicted molar refractivity (Wildman–Crippen MR) is 82.2 cm³/mol. The van der Waals surface area contributed by atoms with Gasteiger partial charge in [-0.05, 0) is 47.1 Å². The van der Waals surface area contributed by atoms with Gasteiger partial charge in [-0.1, -0.05) is 0 Å². The third-order valence-electron chi connectivity index (χ3n) is 3.81. The molecule has 7 nitrogen and oxygen atoms in total. The molecular formula is C15H27N3O4. The number of nitrogens with two attached hydrogens (primary N) is 1. The minimum atomic E-state index is -0.711. The van der Waals surface area contributed by atoms with Crippen molar-refractivity contribution in [3.05, 3.63) is 0 Å². The van der Waals surface area contributed by atoms with Crippen molar-refractivity contribution in [2.45, 2.75) is 51.7 Å². The fourth-order valence-electron chi connectivity index (χ4n) is 2.88. The van der Waals surface area contributed by atoms with Gasteiger partial charge in [-0.3, -0.25) is 9.69 Å². The minimum absolute atomic E-state index is 0.146. The summed E-state index contributed by atoms with van der Waals surface area (Å²) < 4.78 is 5.22. The van der Waals surface area contributed by atoms with E-state index >= 15 is 0 Å². The maximum absolute atomic E-state index is 11.9. The van der Waals surface area contributed by atoms with E-state index in [-0.39, 0.29) is 12.6 Å². The molecule has 2 amide bonds. The van der Waals surface area contributed by atoms with Crippen molar-refractivity contribution < 1.29 is 19.1 Å². The van der Waals surface area contributed by atoms with Crippen LogP contribution in [0.25, 0.3) is 0 Å². The van der Waals surface area contributed by atoms with Crippen molar-refractivity contribution in [1.82, 2.24) is 10.2 Å². The maximum atomic E-state index is 11.9. The van der Waals surface area contributed by atoms with Crippen LogP contribution in [-0.4, -0.2) is 55.0 Å². The third kappa shape index (κ3) is 5.29. The van der Waals surface area contributed by atoms with Gasteiger partial charge in [-0.15, -0.1) is 0 Å². The molecule has 0 spiro atoms. The molecule has 1 rings (SSSR count). The summed E-state index contributed by atoms with van der Waals surface area (Å²) in [6, 6.07) is -0.146. The van der Waals surface area contributed by atoms with Gasteiger partial charge in [-0.2, -0.15) is 0 Å². The summed E-state index contributed by atoms with van der Waals surface area (Å²) >= 11 is 0. The fourth-order valence-corrected chi connectivity index (χ4v) is 2.88. The van der Waals surface area contributed by atoms with Crippen molar-refractivity contribution in [2.75, 3.05) is 20.1 Å². The van der Waals surface area contributed by atoms with Crippen molar-refractivity contribution in [3.63, 3.8) is 0 Å². The van der Waals surface area contributed by atoms with Crippen LogP contribution in [0.2, 0.25) is 0 Å². The Balaban J connectivity index is 2.64. The molecule has 0 bridgehead atoms. The van der Waals surface area contributed by atoms with Gasteiger partial charge < -0.3 is 20.6 Å². The number of carbonyl (C=O) groups is 3. The lowest BCUT2D eigenvalue weighted by atomic mass is 9.84. The largest absolute Gasteiger partial charge is 0.444 e. The molecule has 0 aromatic rings. The molecule has 1 saturated carbocycles. The van der Waals surface area contributed by atoms with Gasteiger partial charge in [0, 0.05) is 12.6 Å². The van der Waals surface area contributed by atoms with E-state index in [0.717, 1.165) is 6.29 Å². The highest BCUT2D eigenvalue weighted by Gasteiger charge is 2.45. The highest BCUT2D eigenvalue weighted by atomic mass is 16.6. The Kier molecular flexibility index (Phi) is 5.93. The van der Waals surface area contributed by atoms with E-state index in [1.54, 1.807) is 32.7 Å². The lowest BCUT2D eigenvalue weighted by Crippen LogP contribution is -2.46. The molecule has 0 heterocycles. The van der Waals surface area contributed by atoms with E-state index < -0.39 is 23.0 Å². The van der Waals surface area contributed by atoms with E-state index in [2.05, 4.69) is 5.32 Å². The summed E-state index contributed by atoms with van der Waals surface area (Å²) in [6.45, 7) is 6.04. The number of alkyl carbamates (subject to hydrolysis) is 1. The van der Waals surface area contributed by atoms with Crippen LogP contribution >= 0.6 is 0 Å². The standard InChI is InChI=1S/C15H27N3O4/c1-14(2,3)22-13(21)17-11-5-6-15(9-11,12(16)20)10-18(4)7-8-19/h8,11H,5-7,9-10H2,1-4H3,(H2,16,20)(H,17,21)/t11?,15-/m0/s1. The molecule has 1 aliphatic carbocycles. The zero-order chi connectivity index (χ0) is 17.0. The van der Waals surface area contributed by atoms with Crippen molar-refractivity contribution in [3.8, 4) is 0 Å². The number of nitrogens with zero attached hydrogens (tertiary/aromatic N) is 1. The van der Waals surface area contributed by atoms with E-state index in [1.165, 1.54) is 0 Å². The number of amides is 2. The molecule has 0 radical (unpaired) electrons. The molecule has 7 heteroatoms. The Labute approximate surface area is 131 Å². The van der Waals surface area contributed by atoms with Gasteiger partial charge in [-0.25, -0.2) is 4.79 Å². The summed E-state index contributed by atoms with van der Waals surface area (Å²) in [5.74, 6) is -0.390. The van der Waals surface area contributed by atoms with Gasteiger partial charge >= 0.3 is 6.09 Å². The van der Waals surface area contributed by atoms with E-state index in [1.807, 2.05) is 0 Å². The van der Waals surface area contributed by atoms with Crippen LogP contribution in [0.3, 0.4) is 0 Å². The van der Waals surface area contributed by atoms with Gasteiger partial charge in [0.2, 0.25) is 5.91 Å². The van der Waals surface area contributed by atoms with Gasteiger partial charge in [0.25, 0.3) is 0 Å². The Morgan fingerprint density at radius 3 is 2.59 bits per heavy atom. The van der Waals surface area contributed by atoms with Crippen LogP contribution in [-0.2, 0) is 14.3 Å². The van der Waals surface area contributed by atoms with Crippen molar-refractivity contribution in [1.29, 1.82) is 0 Å². The van der Waals surface area contributed by atoms with E-state index in [0.29, 0.717) is 25.8 Å². The monoisotopic (exact) mass is 313 g/mol. The van der Waals surface area contributed by atoms with Crippen LogP contribution < -0.4 is 11.1 Å². The Morgan fingerprint density at radius 1 is 1.45 bits per heavy atom. The predicted octanol–water partition coefficient (Wildman–Crippen LogP) is 0.666. The summed E-state index contributed by atoms with van der Waals surface area (Å²) in [6.07, 6.45) is 2.02. The number of likely N-dealkylation sites (N-methyl/N-ethyl adjacent to an activating group) is 1. The highest BCUT2D eigenvalue weighted by molar-refractivity contribution is 5.82. The molecule has 0 aromatic carbocycles. The third-order valence-corrected chi connectivity index (χ3v) is 3.81. The minimum Gasteiger partial charge on any atom is -0.444 e. The molecular weight excluding hydrogens is 286 g/mol. The molecule has 126 valence electrons. The molecule has 0 aromatic heterocycles. The first-order valence-electron chi connectivity index (χ1n) is 7.49. The number of hydrogen-bond donors (Lipinski definition) is 2. The second kappa shape index (κ2) is 7.09. The van der Waals surface area contributed by atoms with Crippen LogP contribution in [0.15, 0.2) is 0 Å². The molecule has 1 fully saturated rings. The average Bonchev–Trinajstić information content (AvgIpc) is 2.71. The number of primary amides is 1. The van der Waals surface area contributed by atoms with Crippen molar-refractivity contribution in [2.24, 2.45) is 11.1 Å². The molecule has 1 aliphatic rings. The van der Waals surface area contributed by atoms with Crippen LogP contribution in [0.4, 0.5) is 4.79 Å². The molecule has 22 heavy (non-hydrogen) atoms. The maximum Gasteiger partial charge on any atom is 0.407 e. The lowest BCUT2D eigenvalue weighted by molar-refractivity contribution is -0.129. The highest BCUT2D eigenvalue weighted by Crippen LogP contribution is 2.38. The Morgan fingerprint density at radius 2 is 2.09 bits per heavy atom. The zero-order valence-corrected chi connectivity index (χ0v) is 13.8. The fraction of sp³-hybridized carbons (Fsp3) is 0.800. The number of ether oxygens (including phenoxy) is 1.